The molecule has 0 bridgehead atoms. The van der Waals surface area contributed by atoms with E-state index in [0.717, 1.165) is 43.8 Å². The van der Waals surface area contributed by atoms with Crippen LogP contribution in [0.2, 0.25) is 0 Å². The van der Waals surface area contributed by atoms with Gasteiger partial charge in [0.05, 0.1) is 18.8 Å². The van der Waals surface area contributed by atoms with Crippen LogP contribution in [0.1, 0.15) is 44.9 Å². The van der Waals surface area contributed by atoms with Crippen molar-refractivity contribution in [1.82, 2.24) is 15.5 Å². The van der Waals surface area contributed by atoms with E-state index in [2.05, 4.69) is 35.4 Å². The summed E-state index contributed by atoms with van der Waals surface area (Å²) in [5, 5.41) is 6.88. The first-order chi connectivity index (χ1) is 10.8. The molecular weight excluding hydrogens is 403 g/mol. The number of nitrogens with one attached hydrogen (secondary N) is 2. The number of likely N-dealkylation sites (tertiary alicyclic amines) is 1. The molecule has 23 heavy (non-hydrogen) atoms. The zero-order chi connectivity index (χ0) is 15.4. The fraction of sp³-hybridized carbons (Fsp3) is 0.706. The third-order valence-corrected chi connectivity index (χ3v) is 4.65. The maximum absolute atomic E-state index is 5.66. The van der Waals surface area contributed by atoms with Crippen LogP contribution in [0.5, 0.6) is 0 Å². The normalized spacial score (nSPS) is 25.7. The van der Waals surface area contributed by atoms with E-state index < -0.39 is 0 Å². The monoisotopic (exact) mass is 432 g/mol. The molecule has 3 rings (SSSR count). The number of guanidine groups is 1. The fourth-order valence-electron chi connectivity index (χ4n) is 3.12. The highest BCUT2D eigenvalue weighted by atomic mass is 127. The fourth-order valence-corrected chi connectivity index (χ4v) is 3.12. The summed E-state index contributed by atoms with van der Waals surface area (Å²) in [5.41, 5.74) is 0. The van der Waals surface area contributed by atoms with Gasteiger partial charge >= 0.3 is 0 Å². The first-order valence-electron chi connectivity index (χ1n) is 8.60. The minimum Gasteiger partial charge on any atom is -0.468 e. The molecule has 1 aliphatic heterocycles. The van der Waals surface area contributed by atoms with E-state index in [1.54, 1.807) is 6.26 Å². The minimum atomic E-state index is 0. The molecule has 3 atom stereocenters. The third kappa shape index (κ3) is 5.11. The molecule has 1 aliphatic carbocycles. The van der Waals surface area contributed by atoms with Gasteiger partial charge in [-0.25, -0.2) is 0 Å². The summed E-state index contributed by atoms with van der Waals surface area (Å²) in [7, 11) is 0. The average Bonchev–Trinajstić information content (AvgIpc) is 2.99. The van der Waals surface area contributed by atoms with Crippen LogP contribution in [-0.4, -0.2) is 43.1 Å². The summed E-state index contributed by atoms with van der Waals surface area (Å²) in [6.45, 7) is 8.30. The molecule has 2 N–H and O–H groups in total. The van der Waals surface area contributed by atoms with Crippen LogP contribution in [0.15, 0.2) is 27.8 Å². The lowest BCUT2D eigenvalue weighted by atomic mass is 10.2. The molecule has 130 valence electrons. The van der Waals surface area contributed by atoms with Gasteiger partial charge in [-0.15, -0.1) is 24.0 Å². The van der Waals surface area contributed by atoms with Crippen LogP contribution in [-0.2, 0) is 0 Å². The number of furan rings is 1. The van der Waals surface area contributed by atoms with Gasteiger partial charge in [-0.1, -0.05) is 6.92 Å². The van der Waals surface area contributed by atoms with Crippen LogP contribution in [0, 0.1) is 5.92 Å². The second-order valence-electron chi connectivity index (χ2n) is 6.46. The second-order valence-corrected chi connectivity index (χ2v) is 6.46. The Labute approximate surface area is 156 Å². The van der Waals surface area contributed by atoms with Gasteiger partial charge in [-0.3, -0.25) is 9.89 Å². The van der Waals surface area contributed by atoms with E-state index in [-0.39, 0.29) is 30.0 Å². The van der Waals surface area contributed by atoms with Crippen molar-refractivity contribution in [2.24, 2.45) is 10.9 Å². The van der Waals surface area contributed by atoms with Crippen LogP contribution in [0.3, 0.4) is 0 Å². The van der Waals surface area contributed by atoms with Gasteiger partial charge in [0.15, 0.2) is 5.96 Å². The summed E-state index contributed by atoms with van der Waals surface area (Å²) in [6.07, 6.45) is 5.56. The Kier molecular flexibility index (Phi) is 7.20. The molecule has 0 radical (unpaired) electrons. The van der Waals surface area contributed by atoms with Crippen molar-refractivity contribution in [3.63, 3.8) is 0 Å². The van der Waals surface area contributed by atoms with Crippen LogP contribution in [0.4, 0.5) is 0 Å². The Bertz CT molecular complexity index is 485. The molecule has 2 aliphatic rings. The molecule has 0 aromatic carbocycles. The average molecular weight is 432 g/mol. The molecule has 0 amide bonds. The molecule has 0 spiro atoms. The lowest BCUT2D eigenvalue weighted by Crippen LogP contribution is -2.40. The predicted octanol–water partition coefficient (Wildman–Crippen LogP) is 3.00. The van der Waals surface area contributed by atoms with Gasteiger partial charge in [0.1, 0.15) is 5.76 Å². The quantitative estimate of drug-likeness (QED) is 0.412. The molecule has 2 heterocycles. The standard InChI is InChI=1S/C17H28N4O.HI/c1-3-18-17(20-14-11-13(14)2)19-12-15(16-7-6-10-22-16)21-8-4-5-9-21;/h6-7,10,13-15H,3-5,8-9,11-12H2,1-2H3,(H2,18,19,20);1H. The highest BCUT2D eigenvalue weighted by molar-refractivity contribution is 14.0. The molecule has 5 nitrogen and oxygen atoms in total. The summed E-state index contributed by atoms with van der Waals surface area (Å²) >= 11 is 0. The van der Waals surface area contributed by atoms with E-state index >= 15 is 0 Å². The number of aliphatic imine (C=N–C) groups is 1. The topological polar surface area (TPSA) is 52.8 Å². The Balaban J connectivity index is 0.00000192. The smallest absolute Gasteiger partial charge is 0.191 e. The second kappa shape index (κ2) is 8.92. The highest BCUT2D eigenvalue weighted by Crippen LogP contribution is 2.29. The van der Waals surface area contributed by atoms with Crippen LogP contribution in [0.25, 0.3) is 0 Å². The third-order valence-electron chi connectivity index (χ3n) is 4.65. The molecule has 1 saturated heterocycles. The van der Waals surface area contributed by atoms with Crippen molar-refractivity contribution in [1.29, 1.82) is 0 Å². The van der Waals surface area contributed by atoms with E-state index in [1.165, 1.54) is 19.3 Å². The van der Waals surface area contributed by atoms with Crippen LogP contribution < -0.4 is 10.6 Å². The lowest BCUT2D eigenvalue weighted by molar-refractivity contribution is 0.221. The van der Waals surface area contributed by atoms with Crippen molar-refractivity contribution in [2.45, 2.75) is 45.2 Å². The van der Waals surface area contributed by atoms with Crippen molar-refractivity contribution >= 4 is 29.9 Å². The van der Waals surface area contributed by atoms with Crippen molar-refractivity contribution < 1.29 is 4.42 Å². The number of nitrogens with zero attached hydrogens (tertiary/aromatic N) is 2. The Morgan fingerprint density at radius 2 is 2.17 bits per heavy atom. The van der Waals surface area contributed by atoms with Crippen molar-refractivity contribution in [3.8, 4) is 0 Å². The largest absolute Gasteiger partial charge is 0.468 e. The van der Waals surface area contributed by atoms with E-state index in [4.69, 9.17) is 9.41 Å². The summed E-state index contributed by atoms with van der Waals surface area (Å²) in [4.78, 5) is 7.31. The molecule has 6 heteroatoms. The first kappa shape index (κ1) is 18.6. The van der Waals surface area contributed by atoms with Gasteiger partial charge in [0, 0.05) is 12.6 Å². The van der Waals surface area contributed by atoms with Gasteiger partial charge in [0.2, 0.25) is 0 Å². The maximum Gasteiger partial charge on any atom is 0.191 e. The van der Waals surface area contributed by atoms with E-state index in [1.807, 2.05) is 6.07 Å². The number of rotatable bonds is 6. The van der Waals surface area contributed by atoms with Crippen molar-refractivity contribution in [2.75, 3.05) is 26.2 Å². The molecule has 3 unspecified atom stereocenters. The van der Waals surface area contributed by atoms with Crippen LogP contribution >= 0.6 is 24.0 Å². The van der Waals surface area contributed by atoms with Gasteiger partial charge in [-0.05, 0) is 57.3 Å². The van der Waals surface area contributed by atoms with Gasteiger partial charge in [0.25, 0.3) is 0 Å². The molecule has 1 saturated carbocycles. The summed E-state index contributed by atoms with van der Waals surface area (Å²) < 4.78 is 5.66. The SMILES string of the molecule is CCNC(=NCC(c1ccco1)N1CCCC1)NC1CC1C.I. The Hall–Kier alpha value is -0.760. The number of halogens is 1. The Morgan fingerprint density at radius 1 is 1.43 bits per heavy atom. The first-order valence-corrected chi connectivity index (χ1v) is 8.60. The molecule has 1 aromatic rings. The Morgan fingerprint density at radius 3 is 2.74 bits per heavy atom. The van der Waals surface area contributed by atoms with Gasteiger partial charge in [-0.2, -0.15) is 0 Å². The zero-order valence-corrected chi connectivity index (χ0v) is 16.5. The summed E-state index contributed by atoms with van der Waals surface area (Å²) in [6, 6.07) is 4.88. The predicted molar refractivity (Wildman–Crippen MR) is 104 cm³/mol. The number of hydrogen-bond acceptors (Lipinski definition) is 3. The van der Waals surface area contributed by atoms with E-state index in [0.29, 0.717) is 6.04 Å². The molecular formula is C17H29IN4O. The van der Waals surface area contributed by atoms with Crippen molar-refractivity contribution in [3.05, 3.63) is 24.2 Å². The zero-order valence-electron chi connectivity index (χ0n) is 14.1. The van der Waals surface area contributed by atoms with Gasteiger partial charge < -0.3 is 15.1 Å². The summed E-state index contributed by atoms with van der Waals surface area (Å²) in [5.74, 6) is 2.73. The number of hydrogen-bond donors (Lipinski definition) is 2. The molecule has 2 fully saturated rings. The maximum atomic E-state index is 5.66. The molecule has 1 aromatic heterocycles. The lowest BCUT2D eigenvalue weighted by Gasteiger charge is -2.24. The minimum absolute atomic E-state index is 0. The van der Waals surface area contributed by atoms with E-state index in [9.17, 15) is 0 Å². The highest BCUT2D eigenvalue weighted by Gasteiger charge is 2.33.